The van der Waals surface area contributed by atoms with Gasteiger partial charge in [0, 0.05) is 11.6 Å². The largest absolute Gasteiger partial charge is 0.479 e. The number of amidine groups is 1. The van der Waals surface area contributed by atoms with Crippen LogP contribution in [0.5, 0.6) is 0 Å². The van der Waals surface area contributed by atoms with Crippen molar-refractivity contribution in [2.45, 2.75) is 48.1 Å². The number of aliphatic carboxylic acids is 1. The summed E-state index contributed by atoms with van der Waals surface area (Å²) in [6.45, 7) is 0.960. The van der Waals surface area contributed by atoms with E-state index in [1.165, 1.54) is 24.3 Å². The number of benzene rings is 2. The van der Waals surface area contributed by atoms with E-state index < -0.39 is 39.2 Å². The number of carbonyl (C=O) groups excluding carboxylic acids is 1. The summed E-state index contributed by atoms with van der Waals surface area (Å²) in [5.74, 6) is -2.37. The molecule has 188 valence electrons. The number of sulfone groups is 1. The van der Waals surface area contributed by atoms with Crippen LogP contribution in [0.2, 0.25) is 0 Å². The van der Waals surface area contributed by atoms with Gasteiger partial charge in [-0.15, -0.1) is 0 Å². The highest BCUT2D eigenvalue weighted by Gasteiger charge is 2.49. The molecule has 3 atom stereocenters. The number of rotatable bonds is 10. The zero-order valence-corrected chi connectivity index (χ0v) is 20.0. The number of hydrogen-bond acceptors (Lipinski definition) is 8. The molecule has 12 heteroatoms. The molecule has 0 spiro atoms. The van der Waals surface area contributed by atoms with Crippen LogP contribution in [0.15, 0.2) is 53.4 Å². The number of carbonyl (C=O) groups is 2. The van der Waals surface area contributed by atoms with Gasteiger partial charge in [0.15, 0.2) is 0 Å². The van der Waals surface area contributed by atoms with Crippen LogP contribution in [0.25, 0.3) is 0 Å². The van der Waals surface area contributed by atoms with Crippen molar-refractivity contribution in [2.75, 3.05) is 6.54 Å². The second-order valence-corrected chi connectivity index (χ2v) is 10.8. The molecule has 8 N–H and O–H groups in total. The summed E-state index contributed by atoms with van der Waals surface area (Å²) in [6, 6.07) is 12.8. The fourth-order valence-corrected chi connectivity index (χ4v) is 5.09. The van der Waals surface area contributed by atoms with Gasteiger partial charge in [-0.05, 0) is 37.5 Å². The quantitative estimate of drug-likeness (QED) is 0.194. The third-order valence-corrected chi connectivity index (χ3v) is 8.00. The molecule has 11 nitrogen and oxygen atoms in total. The molecular formula is C23H29N5O6S. The fourth-order valence-electron chi connectivity index (χ4n) is 3.68. The fraction of sp³-hybridized carbons (Fsp3) is 0.348. The molecule has 1 saturated heterocycles. The van der Waals surface area contributed by atoms with Gasteiger partial charge in [-0.1, -0.05) is 42.0 Å². The Bertz CT molecular complexity index is 1200. The first-order valence-electron chi connectivity index (χ1n) is 10.9. The van der Waals surface area contributed by atoms with Crippen molar-refractivity contribution in [3.63, 3.8) is 0 Å². The van der Waals surface area contributed by atoms with Crippen LogP contribution in [0.1, 0.15) is 29.5 Å². The molecule has 0 radical (unpaired) electrons. The van der Waals surface area contributed by atoms with E-state index in [9.17, 15) is 23.1 Å². The summed E-state index contributed by atoms with van der Waals surface area (Å²) in [5, 5.41) is 19.4. The molecule has 35 heavy (non-hydrogen) atoms. The maximum atomic E-state index is 12.9. The second kappa shape index (κ2) is 10.5. The number of nitrogens with two attached hydrogens (primary N) is 2. The molecule has 1 heterocycles. The van der Waals surface area contributed by atoms with Crippen molar-refractivity contribution in [1.82, 2.24) is 10.8 Å². The van der Waals surface area contributed by atoms with Crippen LogP contribution in [0.4, 0.5) is 0 Å². The van der Waals surface area contributed by atoms with Gasteiger partial charge in [0.05, 0.1) is 24.0 Å². The lowest BCUT2D eigenvalue weighted by atomic mass is 10.00. The average Bonchev–Trinajstić information content (AvgIpc) is 3.24. The third-order valence-electron chi connectivity index (χ3n) is 5.83. The topological polar surface area (TPSA) is 198 Å². The molecule has 2 aromatic carbocycles. The predicted molar refractivity (Wildman–Crippen MR) is 128 cm³/mol. The number of carboxylic acid groups (broad SMARTS) is 1. The molecule has 0 aliphatic carbocycles. The first-order valence-corrected chi connectivity index (χ1v) is 12.4. The van der Waals surface area contributed by atoms with Crippen LogP contribution in [-0.2, 0) is 30.7 Å². The van der Waals surface area contributed by atoms with Crippen LogP contribution in [0.3, 0.4) is 0 Å². The van der Waals surface area contributed by atoms with Crippen molar-refractivity contribution in [1.29, 1.82) is 5.41 Å². The van der Waals surface area contributed by atoms with Crippen molar-refractivity contribution in [3.05, 3.63) is 65.2 Å². The Hall–Kier alpha value is -3.32. The first-order chi connectivity index (χ1) is 16.4. The van der Waals surface area contributed by atoms with E-state index >= 15 is 0 Å². The molecule has 1 fully saturated rings. The SMILES string of the molecule is Cc1ccc(S(=O)(=O)[C@@](N)(CNC(=O)C[C@H]2C[C@H](Cc3ccc(C(=N)N)cc3)NO2)C(=O)O)cc1. The smallest absolute Gasteiger partial charge is 0.341 e. The van der Waals surface area contributed by atoms with Gasteiger partial charge in [-0.25, -0.2) is 13.2 Å². The minimum atomic E-state index is -4.49. The molecule has 3 rings (SSSR count). The Kier molecular flexibility index (Phi) is 7.90. The summed E-state index contributed by atoms with van der Waals surface area (Å²) < 4.78 is 25.9. The highest BCUT2D eigenvalue weighted by molar-refractivity contribution is 7.93. The summed E-state index contributed by atoms with van der Waals surface area (Å²) in [7, 11) is -4.49. The molecule has 1 aliphatic rings. The van der Waals surface area contributed by atoms with Crippen LogP contribution >= 0.6 is 0 Å². The van der Waals surface area contributed by atoms with Crippen LogP contribution in [0, 0.1) is 12.3 Å². The monoisotopic (exact) mass is 503 g/mol. The van der Waals surface area contributed by atoms with E-state index in [2.05, 4.69) is 10.8 Å². The highest BCUT2D eigenvalue weighted by atomic mass is 32.2. The molecule has 0 unspecified atom stereocenters. The maximum Gasteiger partial charge on any atom is 0.341 e. The zero-order valence-electron chi connectivity index (χ0n) is 19.2. The molecule has 1 aliphatic heterocycles. The summed E-state index contributed by atoms with van der Waals surface area (Å²) >= 11 is 0. The number of amides is 1. The van der Waals surface area contributed by atoms with Gasteiger partial charge in [0.2, 0.25) is 20.6 Å². The van der Waals surface area contributed by atoms with Gasteiger partial charge in [0.25, 0.3) is 0 Å². The van der Waals surface area contributed by atoms with Gasteiger partial charge < -0.3 is 21.9 Å². The lowest BCUT2D eigenvalue weighted by molar-refractivity contribution is -0.140. The van der Waals surface area contributed by atoms with E-state index in [0.717, 1.165) is 11.1 Å². The molecule has 0 saturated carbocycles. The number of hydrogen-bond donors (Lipinski definition) is 6. The Morgan fingerprint density at radius 3 is 2.40 bits per heavy atom. The Morgan fingerprint density at radius 2 is 1.83 bits per heavy atom. The third kappa shape index (κ3) is 6.03. The summed E-state index contributed by atoms with van der Waals surface area (Å²) in [6.07, 6.45) is 0.543. The summed E-state index contributed by atoms with van der Waals surface area (Å²) in [5.41, 5.74) is 16.6. The van der Waals surface area contributed by atoms with Crippen molar-refractivity contribution in [3.8, 4) is 0 Å². The molecule has 1 amide bonds. The molecular weight excluding hydrogens is 474 g/mol. The van der Waals surface area contributed by atoms with Gasteiger partial charge in [-0.2, -0.15) is 5.48 Å². The van der Waals surface area contributed by atoms with Crippen molar-refractivity contribution < 1.29 is 28.0 Å². The summed E-state index contributed by atoms with van der Waals surface area (Å²) in [4.78, 5) is 26.8. The van der Waals surface area contributed by atoms with Crippen molar-refractivity contribution in [2.24, 2.45) is 11.5 Å². The molecule has 0 bridgehead atoms. The standard InChI is InChI=1S/C23H29N5O6S/c1-14-2-8-19(9-3-14)35(32,33)23(26,22(30)31)13-27-20(29)12-18-11-17(28-34-18)10-15-4-6-16(7-5-15)21(24)25/h2-9,17-18,28H,10-13,26H2,1H3,(H3,24,25)(H,27,29)(H,30,31)/t17-,18+,23-/m0/s1. The lowest BCUT2D eigenvalue weighted by Crippen LogP contribution is -2.61. The lowest BCUT2D eigenvalue weighted by Gasteiger charge is -2.25. The minimum Gasteiger partial charge on any atom is -0.479 e. The minimum absolute atomic E-state index is 0.0130. The average molecular weight is 504 g/mol. The normalized spacial score (nSPS) is 19.6. The van der Waals surface area contributed by atoms with E-state index in [0.29, 0.717) is 18.4 Å². The van der Waals surface area contributed by atoms with E-state index in [1.807, 2.05) is 12.1 Å². The van der Waals surface area contributed by atoms with Crippen molar-refractivity contribution >= 4 is 27.5 Å². The Labute approximate surface area is 203 Å². The van der Waals surface area contributed by atoms with Crippen LogP contribution in [-0.4, -0.2) is 54.8 Å². The Morgan fingerprint density at radius 1 is 1.20 bits per heavy atom. The van der Waals surface area contributed by atoms with Gasteiger partial charge in [0.1, 0.15) is 5.84 Å². The number of aryl methyl sites for hydroxylation is 1. The Balaban J connectivity index is 1.56. The number of nitrogen functional groups attached to an aromatic ring is 1. The number of hydroxylamine groups is 1. The molecule has 2 aromatic rings. The maximum absolute atomic E-state index is 12.9. The van der Waals surface area contributed by atoms with E-state index in [1.54, 1.807) is 19.1 Å². The van der Waals surface area contributed by atoms with Gasteiger partial charge >= 0.3 is 5.97 Å². The van der Waals surface area contributed by atoms with Crippen LogP contribution < -0.4 is 22.3 Å². The zero-order chi connectivity index (χ0) is 25.8. The molecule has 0 aromatic heterocycles. The second-order valence-electron chi connectivity index (χ2n) is 8.60. The number of nitrogens with one attached hydrogen (secondary N) is 3. The van der Waals surface area contributed by atoms with E-state index in [-0.39, 0.29) is 23.2 Å². The first kappa shape index (κ1) is 26.3. The van der Waals surface area contributed by atoms with E-state index in [4.69, 9.17) is 21.7 Å². The highest BCUT2D eigenvalue weighted by Crippen LogP contribution is 2.23. The number of carboxylic acids is 1. The predicted octanol–water partition coefficient (Wildman–Crippen LogP) is 0.203. The van der Waals surface area contributed by atoms with Gasteiger partial charge in [-0.3, -0.25) is 15.0 Å².